The molecule has 0 radical (unpaired) electrons. The van der Waals surface area contributed by atoms with Gasteiger partial charge in [-0.15, -0.1) is 0 Å². The average Bonchev–Trinajstić information content (AvgIpc) is 1.63. The van der Waals surface area contributed by atoms with E-state index in [2.05, 4.69) is 31.9 Å². The molecule has 9 heavy (non-hydrogen) atoms. The van der Waals surface area contributed by atoms with Crippen LogP contribution in [0.15, 0.2) is 0 Å². The van der Waals surface area contributed by atoms with Crippen LogP contribution in [0.25, 0.3) is 0 Å². The molecule has 0 fully saturated rings. The summed E-state index contributed by atoms with van der Waals surface area (Å²) in [5, 5.41) is 17.4. The van der Waals surface area contributed by atoms with Gasteiger partial charge in [-0.3, -0.25) is 0 Å². The smallest absolute Gasteiger partial charge is 0.0722 e. The van der Waals surface area contributed by atoms with Crippen LogP contribution in [0.5, 0.6) is 0 Å². The second-order valence-electron chi connectivity index (χ2n) is 1.79. The van der Waals surface area contributed by atoms with Crippen LogP contribution in [0.1, 0.15) is 12.8 Å². The molecule has 1 atom stereocenters. The molecule has 4 heteroatoms. The van der Waals surface area contributed by atoms with Crippen molar-refractivity contribution in [2.75, 3.05) is 6.61 Å². The van der Waals surface area contributed by atoms with E-state index in [1.54, 1.807) is 0 Å². The zero-order valence-corrected chi connectivity index (χ0v) is 8.10. The molecule has 0 saturated heterocycles. The SMILES string of the molecule is OCCC(O)CC(Br)Br. The Bertz CT molecular complexity index is 68.0. The minimum atomic E-state index is -0.404. The Labute approximate surface area is 71.5 Å². The number of hydrogen-bond acceptors (Lipinski definition) is 2. The third kappa shape index (κ3) is 6.77. The number of aliphatic hydroxyl groups is 2. The molecular weight excluding hydrogens is 252 g/mol. The van der Waals surface area contributed by atoms with Crippen LogP contribution in [0.4, 0.5) is 0 Å². The van der Waals surface area contributed by atoms with E-state index in [9.17, 15) is 0 Å². The summed E-state index contributed by atoms with van der Waals surface area (Å²) < 4.78 is 0.145. The molecular formula is C5H10Br2O2. The standard InChI is InChI=1S/C5H10Br2O2/c6-5(7)3-4(9)1-2-8/h4-5,8-9H,1-3H2. The van der Waals surface area contributed by atoms with Gasteiger partial charge in [0.1, 0.15) is 0 Å². The summed E-state index contributed by atoms with van der Waals surface area (Å²) in [6.07, 6.45) is 0.674. The van der Waals surface area contributed by atoms with Crippen LogP contribution in [-0.2, 0) is 0 Å². The second kappa shape index (κ2) is 5.65. The Morgan fingerprint density at radius 1 is 1.33 bits per heavy atom. The third-order valence-electron chi connectivity index (χ3n) is 0.913. The first-order valence-corrected chi connectivity index (χ1v) is 4.57. The molecule has 0 saturated carbocycles. The molecule has 0 bridgehead atoms. The van der Waals surface area contributed by atoms with Gasteiger partial charge in [-0.1, -0.05) is 31.9 Å². The van der Waals surface area contributed by atoms with Gasteiger partial charge in [0, 0.05) is 6.61 Å². The molecule has 0 aliphatic carbocycles. The topological polar surface area (TPSA) is 40.5 Å². The Morgan fingerprint density at radius 3 is 2.22 bits per heavy atom. The van der Waals surface area contributed by atoms with Gasteiger partial charge in [-0.2, -0.15) is 0 Å². The summed E-state index contributed by atoms with van der Waals surface area (Å²) in [5.74, 6) is 0. The van der Waals surface area contributed by atoms with Gasteiger partial charge in [0.05, 0.1) is 9.84 Å². The molecule has 2 nitrogen and oxygen atoms in total. The van der Waals surface area contributed by atoms with Crippen molar-refractivity contribution in [3.63, 3.8) is 0 Å². The summed E-state index contributed by atoms with van der Waals surface area (Å²) >= 11 is 6.44. The molecule has 56 valence electrons. The van der Waals surface area contributed by atoms with Crippen molar-refractivity contribution in [1.82, 2.24) is 0 Å². The van der Waals surface area contributed by atoms with Gasteiger partial charge in [0.15, 0.2) is 0 Å². The normalized spacial score (nSPS) is 14.3. The highest BCUT2D eigenvalue weighted by Crippen LogP contribution is 2.15. The molecule has 0 heterocycles. The van der Waals surface area contributed by atoms with Crippen LogP contribution >= 0.6 is 31.9 Å². The van der Waals surface area contributed by atoms with E-state index < -0.39 is 6.10 Å². The summed E-state index contributed by atoms with van der Waals surface area (Å²) in [6, 6.07) is 0. The minimum absolute atomic E-state index is 0.0495. The van der Waals surface area contributed by atoms with Gasteiger partial charge in [-0.25, -0.2) is 0 Å². The van der Waals surface area contributed by atoms with E-state index in [0.29, 0.717) is 12.8 Å². The zero-order valence-electron chi connectivity index (χ0n) is 4.93. The quantitative estimate of drug-likeness (QED) is 0.748. The van der Waals surface area contributed by atoms with Crippen LogP contribution < -0.4 is 0 Å². The highest BCUT2D eigenvalue weighted by atomic mass is 79.9. The predicted octanol–water partition coefficient (Wildman–Crippen LogP) is 1.24. The first kappa shape index (κ1) is 9.88. The average molecular weight is 262 g/mol. The van der Waals surface area contributed by atoms with Crippen LogP contribution in [0.2, 0.25) is 0 Å². The van der Waals surface area contributed by atoms with E-state index >= 15 is 0 Å². The molecule has 0 aliphatic rings. The highest BCUT2D eigenvalue weighted by molar-refractivity contribution is 9.24. The summed E-state index contributed by atoms with van der Waals surface area (Å²) in [5.41, 5.74) is 0. The van der Waals surface area contributed by atoms with Crippen LogP contribution in [0.3, 0.4) is 0 Å². The van der Waals surface area contributed by atoms with Crippen molar-refractivity contribution >= 4 is 31.9 Å². The van der Waals surface area contributed by atoms with E-state index in [0.717, 1.165) is 0 Å². The van der Waals surface area contributed by atoms with Crippen molar-refractivity contribution in [3.8, 4) is 0 Å². The van der Waals surface area contributed by atoms with Gasteiger partial charge in [-0.05, 0) is 12.8 Å². The minimum Gasteiger partial charge on any atom is -0.396 e. The number of rotatable bonds is 4. The van der Waals surface area contributed by atoms with Crippen molar-refractivity contribution < 1.29 is 10.2 Å². The van der Waals surface area contributed by atoms with Crippen molar-refractivity contribution in [3.05, 3.63) is 0 Å². The number of halogens is 2. The van der Waals surface area contributed by atoms with Crippen LogP contribution in [-0.4, -0.2) is 26.7 Å². The summed E-state index contributed by atoms with van der Waals surface area (Å²) in [4.78, 5) is 0. The van der Waals surface area contributed by atoms with Crippen molar-refractivity contribution in [1.29, 1.82) is 0 Å². The predicted molar refractivity (Wildman–Crippen MR) is 44.0 cm³/mol. The number of aliphatic hydroxyl groups excluding tert-OH is 2. The van der Waals surface area contributed by atoms with E-state index in [4.69, 9.17) is 10.2 Å². The van der Waals surface area contributed by atoms with Crippen molar-refractivity contribution in [2.24, 2.45) is 0 Å². The Balaban J connectivity index is 3.15. The molecule has 2 N–H and O–H groups in total. The Hall–Kier alpha value is 0.880. The van der Waals surface area contributed by atoms with Gasteiger partial charge >= 0.3 is 0 Å². The first-order chi connectivity index (χ1) is 4.16. The molecule has 0 aromatic rings. The molecule has 0 rings (SSSR count). The maximum Gasteiger partial charge on any atom is 0.0722 e. The molecule has 0 spiro atoms. The lowest BCUT2D eigenvalue weighted by Crippen LogP contribution is -2.11. The van der Waals surface area contributed by atoms with Gasteiger partial charge < -0.3 is 10.2 Å². The molecule has 0 amide bonds. The summed E-state index contributed by atoms with van der Waals surface area (Å²) in [6.45, 7) is 0.0495. The van der Waals surface area contributed by atoms with Gasteiger partial charge in [0.2, 0.25) is 0 Å². The molecule has 0 aliphatic heterocycles. The monoisotopic (exact) mass is 260 g/mol. The molecule has 1 unspecified atom stereocenters. The van der Waals surface area contributed by atoms with Gasteiger partial charge in [0.25, 0.3) is 0 Å². The van der Waals surface area contributed by atoms with Crippen molar-refractivity contribution in [2.45, 2.75) is 22.7 Å². The maximum absolute atomic E-state index is 9.00. The van der Waals surface area contributed by atoms with E-state index in [1.165, 1.54) is 0 Å². The Morgan fingerprint density at radius 2 is 1.89 bits per heavy atom. The van der Waals surface area contributed by atoms with E-state index in [-0.39, 0.29) is 10.3 Å². The second-order valence-corrected chi connectivity index (χ2v) is 5.23. The maximum atomic E-state index is 9.00. The number of hydrogen-bond donors (Lipinski definition) is 2. The third-order valence-corrected chi connectivity index (χ3v) is 1.66. The Kier molecular flexibility index (Phi) is 6.20. The number of alkyl halides is 2. The zero-order chi connectivity index (χ0) is 7.28. The largest absolute Gasteiger partial charge is 0.396 e. The highest BCUT2D eigenvalue weighted by Gasteiger charge is 2.06. The van der Waals surface area contributed by atoms with E-state index in [1.807, 2.05) is 0 Å². The van der Waals surface area contributed by atoms with Crippen LogP contribution in [0, 0.1) is 0 Å². The molecule has 0 aromatic carbocycles. The fraction of sp³-hybridized carbons (Fsp3) is 1.00. The fourth-order valence-corrected chi connectivity index (χ4v) is 1.34. The lowest BCUT2D eigenvalue weighted by molar-refractivity contribution is 0.129. The molecule has 0 aromatic heterocycles. The fourth-order valence-electron chi connectivity index (χ4n) is 0.473. The summed E-state index contributed by atoms with van der Waals surface area (Å²) in [7, 11) is 0. The lowest BCUT2D eigenvalue weighted by Gasteiger charge is -2.07. The lowest BCUT2D eigenvalue weighted by atomic mass is 10.2. The first-order valence-electron chi connectivity index (χ1n) is 2.74.